The molecule has 52 valence electrons. The Morgan fingerprint density at radius 1 is 1.78 bits per heavy atom. The van der Waals surface area contributed by atoms with E-state index in [2.05, 4.69) is 0 Å². The molecule has 1 atom stereocenters. The third-order valence-electron chi connectivity index (χ3n) is 1.05. The van der Waals surface area contributed by atoms with Gasteiger partial charge in [-0.05, 0) is 5.92 Å². The summed E-state index contributed by atoms with van der Waals surface area (Å²) in [6.45, 7) is 1.82. The second-order valence-corrected chi connectivity index (χ2v) is 2.18. The Kier molecular flexibility index (Phi) is 3.67. The third-order valence-corrected chi connectivity index (χ3v) is 1.05. The maximum atomic E-state index is 10.2. The van der Waals surface area contributed by atoms with Crippen molar-refractivity contribution >= 4 is 12.2 Å². The predicted octanol–water partition coefficient (Wildman–Crippen LogP) is 0.0869. The summed E-state index contributed by atoms with van der Waals surface area (Å²) < 4.78 is 0. The molecule has 1 amide bonds. The van der Waals surface area contributed by atoms with Crippen LogP contribution in [-0.2, 0) is 9.59 Å². The van der Waals surface area contributed by atoms with Crippen LogP contribution in [0.2, 0.25) is 0 Å². The molecule has 0 bridgehead atoms. The van der Waals surface area contributed by atoms with Crippen molar-refractivity contribution in [2.45, 2.75) is 19.8 Å². The fourth-order valence-electron chi connectivity index (χ4n) is 0.591. The highest BCUT2D eigenvalue weighted by molar-refractivity contribution is 5.74. The second-order valence-electron chi connectivity index (χ2n) is 2.18. The minimum atomic E-state index is -0.343. The average Bonchev–Trinajstić information content (AvgIpc) is 1.63. The zero-order chi connectivity index (χ0) is 7.28. The van der Waals surface area contributed by atoms with E-state index in [9.17, 15) is 9.59 Å². The van der Waals surface area contributed by atoms with Gasteiger partial charge in [0.15, 0.2) is 0 Å². The molecule has 0 aliphatic heterocycles. The Morgan fingerprint density at radius 2 is 2.33 bits per heavy atom. The zero-order valence-corrected chi connectivity index (χ0v) is 5.46. The van der Waals surface area contributed by atoms with Gasteiger partial charge >= 0.3 is 0 Å². The van der Waals surface area contributed by atoms with Gasteiger partial charge in [-0.2, -0.15) is 0 Å². The highest BCUT2D eigenvalue weighted by Gasteiger charge is 2.03. The van der Waals surface area contributed by atoms with Crippen LogP contribution < -0.4 is 5.73 Å². The van der Waals surface area contributed by atoms with E-state index in [1.807, 2.05) is 6.92 Å². The number of carbonyl (C=O) groups is 2. The molecule has 0 fully saturated rings. The normalized spacial score (nSPS) is 12.6. The number of aldehydes is 1. The monoisotopic (exact) mass is 129 g/mol. The minimum Gasteiger partial charge on any atom is -0.370 e. The molecular formula is C6H11NO2. The standard InChI is InChI=1S/C6H11NO2/c1-5(2-3-8)4-6(7)9/h3,5H,2,4H2,1H3,(H2,7,9). The van der Waals surface area contributed by atoms with E-state index in [1.165, 1.54) is 0 Å². The fourth-order valence-corrected chi connectivity index (χ4v) is 0.591. The van der Waals surface area contributed by atoms with Crippen LogP contribution in [0.25, 0.3) is 0 Å². The van der Waals surface area contributed by atoms with Crippen molar-refractivity contribution in [3.05, 3.63) is 0 Å². The first kappa shape index (κ1) is 8.14. The van der Waals surface area contributed by atoms with Crippen LogP contribution in [0.4, 0.5) is 0 Å². The lowest BCUT2D eigenvalue weighted by Gasteiger charge is -2.01. The van der Waals surface area contributed by atoms with Crippen LogP contribution in [0.1, 0.15) is 19.8 Å². The Balaban J connectivity index is 3.37. The SMILES string of the molecule is CC(CC=O)CC(N)=O. The Hall–Kier alpha value is -0.860. The van der Waals surface area contributed by atoms with Gasteiger partial charge in [-0.1, -0.05) is 6.92 Å². The number of hydrogen-bond donors (Lipinski definition) is 1. The van der Waals surface area contributed by atoms with Gasteiger partial charge in [0.2, 0.25) is 5.91 Å². The molecular weight excluding hydrogens is 118 g/mol. The van der Waals surface area contributed by atoms with Crippen LogP contribution in [0.15, 0.2) is 0 Å². The van der Waals surface area contributed by atoms with Crippen LogP contribution in [-0.4, -0.2) is 12.2 Å². The maximum absolute atomic E-state index is 10.2. The first-order valence-electron chi connectivity index (χ1n) is 2.88. The molecule has 0 aliphatic carbocycles. The van der Waals surface area contributed by atoms with E-state index in [1.54, 1.807) is 0 Å². The number of hydrogen-bond acceptors (Lipinski definition) is 2. The molecule has 3 nitrogen and oxygen atoms in total. The predicted molar refractivity (Wildman–Crippen MR) is 33.7 cm³/mol. The Labute approximate surface area is 54.2 Å². The molecule has 0 aromatic rings. The quantitative estimate of drug-likeness (QED) is 0.547. The van der Waals surface area contributed by atoms with Crippen molar-refractivity contribution in [1.29, 1.82) is 0 Å². The third kappa shape index (κ3) is 5.00. The fraction of sp³-hybridized carbons (Fsp3) is 0.667. The molecule has 2 N–H and O–H groups in total. The summed E-state index contributed by atoms with van der Waals surface area (Å²) in [4.78, 5) is 20.0. The zero-order valence-electron chi connectivity index (χ0n) is 5.46. The topological polar surface area (TPSA) is 60.2 Å². The van der Waals surface area contributed by atoms with Crippen molar-refractivity contribution in [3.63, 3.8) is 0 Å². The maximum Gasteiger partial charge on any atom is 0.217 e. The summed E-state index contributed by atoms with van der Waals surface area (Å²) in [5, 5.41) is 0. The van der Waals surface area contributed by atoms with Crippen LogP contribution in [0.3, 0.4) is 0 Å². The van der Waals surface area contributed by atoms with E-state index in [4.69, 9.17) is 5.73 Å². The van der Waals surface area contributed by atoms with E-state index < -0.39 is 0 Å². The van der Waals surface area contributed by atoms with E-state index in [0.29, 0.717) is 12.8 Å². The first-order chi connectivity index (χ1) is 4.16. The molecule has 0 aromatic heterocycles. The van der Waals surface area contributed by atoms with Crippen molar-refractivity contribution < 1.29 is 9.59 Å². The largest absolute Gasteiger partial charge is 0.370 e. The van der Waals surface area contributed by atoms with Crippen LogP contribution >= 0.6 is 0 Å². The van der Waals surface area contributed by atoms with Crippen molar-refractivity contribution in [2.24, 2.45) is 11.7 Å². The summed E-state index contributed by atoms with van der Waals surface area (Å²) >= 11 is 0. The molecule has 0 aliphatic rings. The van der Waals surface area contributed by atoms with Gasteiger partial charge in [0.05, 0.1) is 0 Å². The number of nitrogens with two attached hydrogens (primary N) is 1. The van der Waals surface area contributed by atoms with E-state index in [-0.39, 0.29) is 11.8 Å². The highest BCUT2D eigenvalue weighted by Crippen LogP contribution is 2.02. The number of amides is 1. The van der Waals surface area contributed by atoms with Gasteiger partial charge in [0, 0.05) is 12.8 Å². The molecule has 0 aromatic carbocycles. The summed E-state index contributed by atoms with van der Waals surface area (Å²) in [5.74, 6) is -0.246. The van der Waals surface area contributed by atoms with Crippen LogP contribution in [0, 0.1) is 5.92 Å². The summed E-state index contributed by atoms with van der Waals surface area (Å²) in [5.41, 5.74) is 4.87. The van der Waals surface area contributed by atoms with Gasteiger partial charge in [-0.15, -0.1) is 0 Å². The lowest BCUT2D eigenvalue weighted by atomic mass is 10.1. The summed E-state index contributed by atoms with van der Waals surface area (Å²) in [7, 11) is 0. The summed E-state index contributed by atoms with van der Waals surface area (Å²) in [6, 6.07) is 0. The van der Waals surface area contributed by atoms with Crippen molar-refractivity contribution in [3.8, 4) is 0 Å². The highest BCUT2D eigenvalue weighted by atomic mass is 16.1. The lowest BCUT2D eigenvalue weighted by Crippen LogP contribution is -2.14. The molecule has 0 heterocycles. The van der Waals surface area contributed by atoms with E-state index >= 15 is 0 Å². The molecule has 0 saturated heterocycles. The summed E-state index contributed by atoms with van der Waals surface area (Å²) in [6.07, 6.45) is 1.52. The molecule has 0 rings (SSSR count). The minimum absolute atomic E-state index is 0.0972. The molecule has 0 spiro atoms. The van der Waals surface area contributed by atoms with Gasteiger partial charge < -0.3 is 10.5 Å². The Bertz CT molecular complexity index is 112. The van der Waals surface area contributed by atoms with E-state index in [0.717, 1.165) is 6.29 Å². The number of primary amides is 1. The van der Waals surface area contributed by atoms with Gasteiger partial charge in [-0.3, -0.25) is 4.79 Å². The van der Waals surface area contributed by atoms with Crippen LogP contribution in [0.5, 0.6) is 0 Å². The Morgan fingerprint density at radius 3 is 2.67 bits per heavy atom. The molecule has 3 heteroatoms. The van der Waals surface area contributed by atoms with Gasteiger partial charge in [0.1, 0.15) is 6.29 Å². The van der Waals surface area contributed by atoms with Gasteiger partial charge in [-0.25, -0.2) is 0 Å². The number of rotatable bonds is 4. The first-order valence-corrected chi connectivity index (χ1v) is 2.88. The average molecular weight is 129 g/mol. The molecule has 1 unspecified atom stereocenters. The molecule has 9 heavy (non-hydrogen) atoms. The number of carbonyl (C=O) groups excluding carboxylic acids is 2. The van der Waals surface area contributed by atoms with Gasteiger partial charge in [0.25, 0.3) is 0 Å². The lowest BCUT2D eigenvalue weighted by molar-refractivity contribution is -0.119. The van der Waals surface area contributed by atoms with Crippen molar-refractivity contribution in [2.75, 3.05) is 0 Å². The second kappa shape index (κ2) is 4.06. The molecule has 0 radical (unpaired) electrons. The smallest absolute Gasteiger partial charge is 0.217 e. The van der Waals surface area contributed by atoms with Crippen molar-refractivity contribution in [1.82, 2.24) is 0 Å². The molecule has 0 saturated carbocycles.